The van der Waals surface area contributed by atoms with Crippen LogP contribution < -0.4 is 0 Å². The molecule has 1 heteroatoms. The molecule has 1 aromatic heterocycles. The Hall–Kier alpha value is -2.28. The molecule has 0 saturated carbocycles. The van der Waals surface area contributed by atoms with Gasteiger partial charge in [-0.2, -0.15) is 0 Å². The first-order chi connectivity index (χ1) is 9.83. The van der Waals surface area contributed by atoms with Gasteiger partial charge in [0.2, 0.25) is 0 Å². The van der Waals surface area contributed by atoms with Crippen molar-refractivity contribution in [2.24, 2.45) is 5.92 Å². The molecule has 0 N–H and O–H groups in total. The molecule has 1 aliphatic carbocycles. The minimum atomic E-state index is 0.638. The Balaban J connectivity index is 2.02. The summed E-state index contributed by atoms with van der Waals surface area (Å²) in [4.78, 5) is 0. The molecule has 0 aliphatic heterocycles. The lowest BCUT2D eigenvalue weighted by atomic mass is 9.92. The first-order valence-electron chi connectivity index (χ1n) is 7.12. The Morgan fingerprint density at radius 3 is 2.70 bits per heavy atom. The topological polar surface area (TPSA) is 13.1 Å². The van der Waals surface area contributed by atoms with E-state index in [2.05, 4.69) is 55.5 Å². The van der Waals surface area contributed by atoms with Crippen molar-refractivity contribution in [1.82, 2.24) is 0 Å². The van der Waals surface area contributed by atoms with Crippen LogP contribution in [0.2, 0.25) is 0 Å². The van der Waals surface area contributed by atoms with E-state index in [1.165, 1.54) is 21.9 Å². The van der Waals surface area contributed by atoms with E-state index in [1.54, 1.807) is 0 Å². The first-order valence-corrected chi connectivity index (χ1v) is 7.12. The third-order valence-corrected chi connectivity index (χ3v) is 4.03. The third-order valence-electron chi connectivity index (χ3n) is 4.03. The number of para-hydroxylation sites is 1. The molecule has 2 aromatic carbocycles. The maximum Gasteiger partial charge on any atom is 0.136 e. The van der Waals surface area contributed by atoms with Crippen LogP contribution >= 0.6 is 0 Å². The standard InChI is InChI=1S/C19H16O/c1-13-9-11-14(12-10-13)15-6-4-8-18-19(15)16-5-2-3-7-17(16)20-18/h2-9,11-13H,10H2,1H3. The molecule has 0 spiro atoms. The summed E-state index contributed by atoms with van der Waals surface area (Å²) in [6, 6.07) is 14.6. The lowest BCUT2D eigenvalue weighted by Gasteiger charge is -2.12. The molecule has 98 valence electrons. The zero-order valence-corrected chi connectivity index (χ0v) is 11.5. The molecule has 0 bridgehead atoms. The van der Waals surface area contributed by atoms with E-state index in [-0.39, 0.29) is 0 Å². The van der Waals surface area contributed by atoms with Crippen LogP contribution in [0.4, 0.5) is 0 Å². The maximum absolute atomic E-state index is 5.95. The average Bonchev–Trinajstić information content (AvgIpc) is 2.86. The number of rotatable bonds is 1. The lowest BCUT2D eigenvalue weighted by Crippen LogP contribution is -1.94. The molecule has 0 amide bonds. The van der Waals surface area contributed by atoms with Crippen LogP contribution in [-0.4, -0.2) is 0 Å². The summed E-state index contributed by atoms with van der Waals surface area (Å²) in [6.07, 6.45) is 7.97. The van der Waals surface area contributed by atoms with Crippen molar-refractivity contribution in [1.29, 1.82) is 0 Å². The summed E-state index contributed by atoms with van der Waals surface area (Å²) in [5, 5.41) is 2.43. The second-order valence-corrected chi connectivity index (χ2v) is 5.51. The van der Waals surface area contributed by atoms with Crippen LogP contribution in [0.15, 0.2) is 65.1 Å². The molecule has 20 heavy (non-hydrogen) atoms. The fourth-order valence-corrected chi connectivity index (χ4v) is 2.94. The van der Waals surface area contributed by atoms with E-state index in [9.17, 15) is 0 Å². The van der Waals surface area contributed by atoms with E-state index in [4.69, 9.17) is 4.42 Å². The minimum Gasteiger partial charge on any atom is -0.456 e. The van der Waals surface area contributed by atoms with Crippen molar-refractivity contribution in [3.8, 4) is 0 Å². The van der Waals surface area contributed by atoms with Gasteiger partial charge in [-0.3, -0.25) is 0 Å². The lowest BCUT2D eigenvalue weighted by molar-refractivity contribution is 0.669. The number of fused-ring (bicyclic) bond motifs is 3. The summed E-state index contributed by atoms with van der Waals surface area (Å²) < 4.78 is 5.95. The highest BCUT2D eigenvalue weighted by Gasteiger charge is 2.13. The van der Waals surface area contributed by atoms with Crippen molar-refractivity contribution in [2.75, 3.05) is 0 Å². The summed E-state index contributed by atoms with van der Waals surface area (Å²) in [7, 11) is 0. The highest BCUT2D eigenvalue weighted by atomic mass is 16.3. The van der Waals surface area contributed by atoms with Gasteiger partial charge < -0.3 is 4.42 Å². The van der Waals surface area contributed by atoms with Gasteiger partial charge in [0.1, 0.15) is 11.2 Å². The van der Waals surface area contributed by atoms with Crippen molar-refractivity contribution >= 4 is 27.5 Å². The Morgan fingerprint density at radius 1 is 1.00 bits per heavy atom. The summed E-state index contributed by atoms with van der Waals surface area (Å²) in [5.41, 5.74) is 4.51. The van der Waals surface area contributed by atoms with Crippen molar-refractivity contribution in [2.45, 2.75) is 13.3 Å². The van der Waals surface area contributed by atoms with Crippen LogP contribution in [-0.2, 0) is 0 Å². The Morgan fingerprint density at radius 2 is 1.85 bits per heavy atom. The predicted molar refractivity (Wildman–Crippen MR) is 84.6 cm³/mol. The monoisotopic (exact) mass is 260 g/mol. The molecule has 0 saturated heterocycles. The van der Waals surface area contributed by atoms with Crippen LogP contribution in [0.1, 0.15) is 18.9 Å². The van der Waals surface area contributed by atoms with E-state index in [0.717, 1.165) is 17.6 Å². The van der Waals surface area contributed by atoms with E-state index >= 15 is 0 Å². The molecule has 3 aromatic rings. The van der Waals surface area contributed by atoms with Crippen LogP contribution in [0.3, 0.4) is 0 Å². The van der Waals surface area contributed by atoms with Gasteiger partial charge in [-0.25, -0.2) is 0 Å². The van der Waals surface area contributed by atoms with Gasteiger partial charge in [-0.1, -0.05) is 55.5 Å². The molecule has 1 nitrogen and oxygen atoms in total. The number of benzene rings is 2. The van der Waals surface area contributed by atoms with Crippen LogP contribution in [0.25, 0.3) is 27.5 Å². The summed E-state index contributed by atoms with van der Waals surface area (Å²) in [6.45, 7) is 2.25. The Bertz CT molecular complexity index is 848. The van der Waals surface area contributed by atoms with Crippen molar-refractivity contribution < 1.29 is 4.42 Å². The van der Waals surface area contributed by atoms with Crippen LogP contribution in [0, 0.1) is 5.92 Å². The van der Waals surface area contributed by atoms with Gasteiger partial charge in [-0.15, -0.1) is 0 Å². The van der Waals surface area contributed by atoms with Crippen molar-refractivity contribution in [3.05, 3.63) is 66.3 Å². The van der Waals surface area contributed by atoms with Gasteiger partial charge in [0, 0.05) is 10.8 Å². The molecule has 0 fully saturated rings. The zero-order valence-electron chi connectivity index (χ0n) is 11.5. The van der Waals surface area contributed by atoms with E-state index < -0.39 is 0 Å². The van der Waals surface area contributed by atoms with Gasteiger partial charge in [0.05, 0.1) is 0 Å². The predicted octanol–water partition coefficient (Wildman–Crippen LogP) is 5.57. The summed E-state index contributed by atoms with van der Waals surface area (Å²) >= 11 is 0. The Kier molecular flexibility index (Phi) is 2.53. The molecule has 4 rings (SSSR count). The van der Waals surface area contributed by atoms with Crippen LogP contribution in [0.5, 0.6) is 0 Å². The second-order valence-electron chi connectivity index (χ2n) is 5.51. The largest absolute Gasteiger partial charge is 0.456 e. The fourth-order valence-electron chi connectivity index (χ4n) is 2.94. The molecule has 1 atom stereocenters. The van der Waals surface area contributed by atoms with E-state index in [1.807, 2.05) is 12.1 Å². The molecule has 1 unspecified atom stereocenters. The van der Waals surface area contributed by atoms with Gasteiger partial charge >= 0.3 is 0 Å². The summed E-state index contributed by atoms with van der Waals surface area (Å²) in [5.74, 6) is 0.638. The van der Waals surface area contributed by atoms with Gasteiger partial charge in [-0.05, 0) is 35.6 Å². The SMILES string of the molecule is CC1C=CC(c2cccc3oc4ccccc4c23)=CC1. The number of furan rings is 1. The van der Waals surface area contributed by atoms with Gasteiger partial charge in [0.15, 0.2) is 0 Å². The molecular formula is C19H16O. The van der Waals surface area contributed by atoms with Crippen molar-refractivity contribution in [3.63, 3.8) is 0 Å². The quantitative estimate of drug-likeness (QED) is 0.558. The molecule has 0 radical (unpaired) electrons. The smallest absolute Gasteiger partial charge is 0.136 e. The zero-order chi connectivity index (χ0) is 13.5. The number of hydrogen-bond acceptors (Lipinski definition) is 1. The number of allylic oxidation sites excluding steroid dienone is 4. The van der Waals surface area contributed by atoms with Gasteiger partial charge in [0.25, 0.3) is 0 Å². The molecule has 1 aliphatic rings. The first kappa shape index (κ1) is 11.5. The minimum absolute atomic E-state index is 0.638. The average molecular weight is 260 g/mol. The fraction of sp³-hybridized carbons (Fsp3) is 0.158. The Labute approximate surface area is 118 Å². The normalized spacial score (nSPS) is 18.6. The third kappa shape index (κ3) is 1.70. The highest BCUT2D eigenvalue weighted by molar-refractivity contribution is 6.11. The highest BCUT2D eigenvalue weighted by Crippen LogP contribution is 2.36. The molecule has 1 heterocycles. The second kappa shape index (κ2) is 4.38. The molecular weight excluding hydrogens is 244 g/mol. The number of hydrogen-bond donors (Lipinski definition) is 0. The van der Waals surface area contributed by atoms with E-state index in [0.29, 0.717) is 5.92 Å². The maximum atomic E-state index is 5.95.